The van der Waals surface area contributed by atoms with E-state index in [9.17, 15) is 9.59 Å². The molecular formula is C28H40O4. The highest BCUT2D eigenvalue weighted by molar-refractivity contribution is 5.71. The van der Waals surface area contributed by atoms with E-state index in [1.54, 1.807) is 0 Å². The van der Waals surface area contributed by atoms with Gasteiger partial charge in [-0.1, -0.05) is 67.5 Å². The van der Waals surface area contributed by atoms with Crippen LogP contribution in [0, 0.1) is 5.41 Å². The number of unbranched alkanes of at least 4 members (excludes halogenated alkanes) is 1. The van der Waals surface area contributed by atoms with Crippen molar-refractivity contribution in [2.45, 2.75) is 79.6 Å². The Kier molecular flexibility index (Phi) is 12.4. The number of carbonyl (C=O) groups excluding carboxylic acids is 2. The lowest BCUT2D eigenvalue weighted by Crippen LogP contribution is -2.19. The highest BCUT2D eigenvalue weighted by Gasteiger charge is 2.26. The fraction of sp³-hybridized carbons (Fsp3) is 0.500. The predicted octanol–water partition coefficient (Wildman–Crippen LogP) is 7.31. The van der Waals surface area contributed by atoms with Crippen molar-refractivity contribution in [1.82, 2.24) is 0 Å². The fourth-order valence-electron chi connectivity index (χ4n) is 3.73. The molecule has 1 aliphatic carbocycles. The van der Waals surface area contributed by atoms with Gasteiger partial charge < -0.3 is 9.47 Å². The van der Waals surface area contributed by atoms with Crippen LogP contribution in [0.2, 0.25) is 0 Å². The second-order valence-electron chi connectivity index (χ2n) is 9.03. The number of allylic oxidation sites excluding steroid dienone is 9. The fourth-order valence-corrected chi connectivity index (χ4v) is 3.73. The van der Waals surface area contributed by atoms with E-state index in [0.717, 1.165) is 11.8 Å². The van der Waals surface area contributed by atoms with Gasteiger partial charge in [-0.25, -0.2) is 0 Å². The number of esters is 2. The summed E-state index contributed by atoms with van der Waals surface area (Å²) in [5.74, 6) is -0.588. The van der Waals surface area contributed by atoms with Crippen LogP contribution in [-0.4, -0.2) is 18.5 Å². The molecule has 0 fully saturated rings. The van der Waals surface area contributed by atoms with E-state index in [-0.39, 0.29) is 30.4 Å². The van der Waals surface area contributed by atoms with E-state index in [4.69, 9.17) is 4.74 Å². The molecule has 0 aromatic carbocycles. The van der Waals surface area contributed by atoms with Crippen molar-refractivity contribution in [3.63, 3.8) is 0 Å². The second kappa shape index (κ2) is 14.4. The maximum Gasteiger partial charge on any atom is 0.310 e. The minimum Gasteiger partial charge on any atom is -0.461 e. The van der Waals surface area contributed by atoms with Gasteiger partial charge in [0, 0.05) is 12.8 Å². The predicted molar refractivity (Wildman–Crippen MR) is 132 cm³/mol. The lowest BCUT2D eigenvalue weighted by molar-refractivity contribution is -0.143. The van der Waals surface area contributed by atoms with Gasteiger partial charge in [0.05, 0.1) is 6.26 Å². The van der Waals surface area contributed by atoms with Gasteiger partial charge in [0.15, 0.2) is 0 Å². The van der Waals surface area contributed by atoms with Crippen molar-refractivity contribution in [1.29, 1.82) is 0 Å². The molecule has 0 saturated heterocycles. The van der Waals surface area contributed by atoms with Gasteiger partial charge in [0.2, 0.25) is 0 Å². The van der Waals surface area contributed by atoms with E-state index in [2.05, 4.69) is 57.2 Å². The molecule has 0 heterocycles. The Morgan fingerprint density at radius 3 is 2.41 bits per heavy atom. The Bertz CT molecular complexity index is 803. The van der Waals surface area contributed by atoms with Crippen LogP contribution in [0.15, 0.2) is 71.6 Å². The maximum absolute atomic E-state index is 11.7. The zero-order valence-electron chi connectivity index (χ0n) is 20.5. The average molecular weight is 441 g/mol. The van der Waals surface area contributed by atoms with Crippen molar-refractivity contribution in [2.75, 3.05) is 6.61 Å². The zero-order valence-corrected chi connectivity index (χ0v) is 20.5. The third-order valence-corrected chi connectivity index (χ3v) is 5.65. The summed E-state index contributed by atoms with van der Waals surface area (Å²) in [5.41, 5.74) is 5.45. The highest BCUT2D eigenvalue weighted by Crippen LogP contribution is 2.40. The smallest absolute Gasteiger partial charge is 0.310 e. The first-order valence-corrected chi connectivity index (χ1v) is 11.5. The summed E-state index contributed by atoms with van der Waals surface area (Å²) < 4.78 is 9.84. The molecule has 0 aromatic rings. The third-order valence-electron chi connectivity index (χ3n) is 5.65. The molecule has 4 nitrogen and oxygen atoms in total. The Balaban J connectivity index is 2.39. The molecule has 176 valence electrons. The van der Waals surface area contributed by atoms with Crippen LogP contribution in [-0.2, 0) is 19.1 Å². The minimum absolute atomic E-state index is 0.249. The summed E-state index contributed by atoms with van der Waals surface area (Å²) >= 11 is 0. The summed E-state index contributed by atoms with van der Waals surface area (Å²) in [7, 11) is 0. The Morgan fingerprint density at radius 2 is 1.75 bits per heavy atom. The molecule has 0 N–H and O–H groups in total. The molecule has 1 aliphatic rings. The van der Waals surface area contributed by atoms with Crippen LogP contribution in [0.3, 0.4) is 0 Å². The first-order valence-electron chi connectivity index (χ1n) is 11.5. The molecular weight excluding hydrogens is 400 g/mol. The summed E-state index contributed by atoms with van der Waals surface area (Å²) in [6.07, 6.45) is 19.1. The Hall–Kier alpha value is -2.62. The summed E-state index contributed by atoms with van der Waals surface area (Å²) in [4.78, 5) is 22.9. The van der Waals surface area contributed by atoms with Crippen molar-refractivity contribution in [3.8, 4) is 0 Å². The summed E-state index contributed by atoms with van der Waals surface area (Å²) in [5, 5.41) is 0. The molecule has 0 bridgehead atoms. The van der Waals surface area contributed by atoms with Crippen molar-refractivity contribution in [3.05, 3.63) is 71.6 Å². The van der Waals surface area contributed by atoms with Gasteiger partial charge in [0.1, 0.15) is 6.61 Å². The standard InChI is InChI=1S/C28H40O4/c1-7-31-26(29)15-8-9-16-27(30)32-21-19-23(3)13-10-12-22(2)17-18-25-24(4)14-11-20-28(25,5)6/h7,10,12-13,17-19H,1,8-9,11,14-16,20-21H2,2-6H3/b13-10+,18-17+,22-12+,23-19+. The number of rotatable bonds is 12. The van der Waals surface area contributed by atoms with E-state index >= 15 is 0 Å². The van der Waals surface area contributed by atoms with Gasteiger partial charge in [-0.3, -0.25) is 9.59 Å². The lowest BCUT2D eigenvalue weighted by atomic mass is 9.72. The van der Waals surface area contributed by atoms with Gasteiger partial charge in [-0.15, -0.1) is 0 Å². The van der Waals surface area contributed by atoms with E-state index in [0.29, 0.717) is 19.3 Å². The van der Waals surface area contributed by atoms with Gasteiger partial charge in [-0.2, -0.15) is 0 Å². The number of carbonyl (C=O) groups is 2. The molecule has 0 aromatic heterocycles. The minimum atomic E-state index is -0.330. The molecule has 0 radical (unpaired) electrons. The van der Waals surface area contributed by atoms with Crippen LogP contribution in [0.1, 0.15) is 79.6 Å². The quantitative estimate of drug-likeness (QED) is 0.138. The third kappa shape index (κ3) is 11.1. The normalized spacial score (nSPS) is 17.2. The van der Waals surface area contributed by atoms with Crippen molar-refractivity contribution in [2.24, 2.45) is 5.41 Å². The molecule has 4 heteroatoms. The number of ether oxygens (including phenoxy) is 2. The maximum atomic E-state index is 11.7. The summed E-state index contributed by atoms with van der Waals surface area (Å²) in [6.45, 7) is 14.6. The molecule has 0 spiro atoms. The molecule has 32 heavy (non-hydrogen) atoms. The Labute approximate surface area is 194 Å². The average Bonchev–Trinajstić information content (AvgIpc) is 2.70. The highest BCUT2D eigenvalue weighted by atomic mass is 16.5. The van der Waals surface area contributed by atoms with E-state index in [1.165, 1.54) is 36.0 Å². The van der Waals surface area contributed by atoms with Crippen molar-refractivity contribution >= 4 is 11.9 Å². The van der Waals surface area contributed by atoms with Crippen LogP contribution in [0.5, 0.6) is 0 Å². The van der Waals surface area contributed by atoms with E-state index < -0.39 is 0 Å². The molecule has 0 unspecified atom stereocenters. The first-order chi connectivity index (χ1) is 15.2. The molecule has 1 rings (SSSR count). The molecule has 0 aliphatic heterocycles. The topological polar surface area (TPSA) is 52.6 Å². The molecule has 0 saturated carbocycles. The van der Waals surface area contributed by atoms with Gasteiger partial charge >= 0.3 is 11.9 Å². The first kappa shape index (κ1) is 27.4. The summed E-state index contributed by atoms with van der Waals surface area (Å²) in [6, 6.07) is 0. The monoisotopic (exact) mass is 440 g/mol. The number of hydrogen-bond donors (Lipinski definition) is 0. The molecule has 0 amide bonds. The molecule has 0 atom stereocenters. The van der Waals surface area contributed by atoms with Crippen molar-refractivity contribution < 1.29 is 19.1 Å². The van der Waals surface area contributed by atoms with Gasteiger partial charge in [-0.05, 0) is 69.9 Å². The van der Waals surface area contributed by atoms with Crippen LogP contribution >= 0.6 is 0 Å². The van der Waals surface area contributed by atoms with Crippen LogP contribution in [0.25, 0.3) is 0 Å². The Morgan fingerprint density at radius 1 is 1.06 bits per heavy atom. The largest absolute Gasteiger partial charge is 0.461 e. The number of hydrogen-bond acceptors (Lipinski definition) is 4. The van der Waals surface area contributed by atoms with Crippen LogP contribution < -0.4 is 0 Å². The second-order valence-corrected chi connectivity index (χ2v) is 9.03. The van der Waals surface area contributed by atoms with E-state index in [1.807, 2.05) is 25.2 Å². The lowest BCUT2D eigenvalue weighted by Gasteiger charge is -2.32. The SMILES string of the molecule is C=COC(=O)CCCCC(=O)OC/C=C(C)/C=C/C=C(C)/C=C/C1=C(C)CCCC1(C)C. The zero-order chi connectivity index (χ0) is 24.0. The van der Waals surface area contributed by atoms with Crippen LogP contribution in [0.4, 0.5) is 0 Å². The van der Waals surface area contributed by atoms with Gasteiger partial charge in [0.25, 0.3) is 0 Å².